The second kappa shape index (κ2) is 11.8. The van der Waals surface area contributed by atoms with E-state index in [-0.39, 0.29) is 30.9 Å². The first kappa shape index (κ1) is 30.6. The van der Waals surface area contributed by atoms with Gasteiger partial charge < -0.3 is 24.4 Å². The minimum Gasteiger partial charge on any atom is -0.467 e. The maximum absolute atomic E-state index is 14.1. The van der Waals surface area contributed by atoms with Crippen LogP contribution in [-0.4, -0.2) is 62.3 Å². The average molecular weight is 565 g/mol. The Morgan fingerprint density at radius 3 is 2.37 bits per heavy atom. The Balaban J connectivity index is 1.80. The summed E-state index contributed by atoms with van der Waals surface area (Å²) >= 11 is 0. The number of ether oxygens (including phenoxy) is 3. The quantitative estimate of drug-likeness (QED) is 0.486. The lowest BCUT2D eigenvalue weighted by Gasteiger charge is -2.35. The number of amides is 2. The van der Waals surface area contributed by atoms with Crippen LogP contribution in [0.25, 0.3) is 11.1 Å². The van der Waals surface area contributed by atoms with Gasteiger partial charge in [-0.3, -0.25) is 4.79 Å². The number of hydrogen-bond acceptors (Lipinski definition) is 6. The highest BCUT2D eigenvalue weighted by Gasteiger charge is 2.53. The van der Waals surface area contributed by atoms with Gasteiger partial charge in [0.05, 0.1) is 20.3 Å². The van der Waals surface area contributed by atoms with Gasteiger partial charge in [-0.2, -0.15) is 0 Å². The topological polar surface area (TPSA) is 94.2 Å². The Bertz CT molecular complexity index is 1270. The fraction of sp³-hybridized carbons (Fsp3) is 0.545. The Hall–Kier alpha value is -3.39. The maximum Gasteiger partial charge on any atom is 0.407 e. The van der Waals surface area contributed by atoms with Crippen LogP contribution in [0.15, 0.2) is 48.5 Å². The second-order valence-corrected chi connectivity index (χ2v) is 13.2. The third-order valence-corrected chi connectivity index (χ3v) is 8.48. The Morgan fingerprint density at radius 2 is 1.73 bits per heavy atom. The Morgan fingerprint density at radius 1 is 1.05 bits per heavy atom. The van der Waals surface area contributed by atoms with Crippen molar-refractivity contribution in [2.75, 3.05) is 27.4 Å². The number of fused-ring (bicyclic) bond motifs is 11. The number of carbonyl (C=O) groups is 3. The first-order chi connectivity index (χ1) is 19.3. The summed E-state index contributed by atoms with van der Waals surface area (Å²) in [5.41, 5.74) is 2.55. The van der Waals surface area contributed by atoms with Gasteiger partial charge in [-0.1, -0.05) is 83.1 Å². The van der Waals surface area contributed by atoms with Crippen LogP contribution in [-0.2, 0) is 35.8 Å². The van der Waals surface area contributed by atoms with Crippen LogP contribution in [0.3, 0.4) is 0 Å². The molecule has 8 heteroatoms. The highest BCUT2D eigenvalue weighted by molar-refractivity contribution is 5.91. The van der Waals surface area contributed by atoms with Gasteiger partial charge in [-0.25, -0.2) is 9.59 Å². The molecule has 2 amide bonds. The molecule has 0 saturated carbocycles. The van der Waals surface area contributed by atoms with Crippen molar-refractivity contribution in [2.24, 2.45) is 10.8 Å². The predicted octanol–water partition coefficient (Wildman–Crippen LogP) is 5.47. The minimum atomic E-state index is -0.933. The number of rotatable bonds is 2. The number of carbonyl (C=O) groups excluding carboxylic acids is 3. The third kappa shape index (κ3) is 6.58. The van der Waals surface area contributed by atoms with E-state index < -0.39 is 35.2 Å². The molecule has 0 unspecified atom stereocenters. The molecule has 3 heterocycles. The van der Waals surface area contributed by atoms with Crippen LogP contribution in [0.4, 0.5) is 4.79 Å². The van der Waals surface area contributed by atoms with E-state index in [0.29, 0.717) is 0 Å². The number of methoxy groups -OCH3 is 2. The van der Waals surface area contributed by atoms with E-state index in [1.165, 1.54) is 23.1 Å². The first-order valence-electron chi connectivity index (χ1n) is 14.4. The molecule has 1 saturated heterocycles. The third-order valence-electron chi connectivity index (χ3n) is 8.48. The molecule has 41 heavy (non-hydrogen) atoms. The van der Waals surface area contributed by atoms with Crippen LogP contribution in [0.2, 0.25) is 0 Å². The van der Waals surface area contributed by atoms with Gasteiger partial charge in [0.1, 0.15) is 17.7 Å². The summed E-state index contributed by atoms with van der Waals surface area (Å²) in [5, 5.41) is 2.81. The largest absolute Gasteiger partial charge is 0.467 e. The molecule has 3 aliphatic heterocycles. The summed E-state index contributed by atoms with van der Waals surface area (Å²) in [5.74, 6) is -0.909. The van der Waals surface area contributed by atoms with Crippen LogP contribution >= 0.6 is 0 Å². The molecule has 2 aromatic rings. The molecule has 4 bridgehead atoms. The first-order valence-corrected chi connectivity index (χ1v) is 14.4. The van der Waals surface area contributed by atoms with Crippen LogP contribution in [0.1, 0.15) is 65.0 Å². The zero-order valence-corrected chi connectivity index (χ0v) is 25.4. The van der Waals surface area contributed by atoms with Gasteiger partial charge in [-0.15, -0.1) is 0 Å². The summed E-state index contributed by atoms with van der Waals surface area (Å²) in [4.78, 5) is 41.7. The predicted molar refractivity (Wildman–Crippen MR) is 157 cm³/mol. The van der Waals surface area contributed by atoms with E-state index in [9.17, 15) is 14.4 Å². The Labute approximate surface area is 243 Å². The van der Waals surface area contributed by atoms with Gasteiger partial charge in [0.2, 0.25) is 5.91 Å². The smallest absolute Gasteiger partial charge is 0.407 e. The highest BCUT2D eigenvalue weighted by atomic mass is 16.5. The van der Waals surface area contributed by atoms with Crippen molar-refractivity contribution in [3.05, 3.63) is 59.7 Å². The van der Waals surface area contributed by atoms with Gasteiger partial charge in [0.15, 0.2) is 0 Å². The lowest BCUT2D eigenvalue weighted by molar-refractivity contribution is -0.152. The summed E-state index contributed by atoms with van der Waals surface area (Å²) in [6, 6.07) is 14.8. The van der Waals surface area contributed by atoms with Crippen molar-refractivity contribution in [3.8, 4) is 11.1 Å². The van der Waals surface area contributed by atoms with Crippen LogP contribution < -0.4 is 5.32 Å². The number of hydrogen-bond donors (Lipinski definition) is 1. The summed E-state index contributed by atoms with van der Waals surface area (Å²) in [7, 11) is 2.91. The van der Waals surface area contributed by atoms with E-state index in [4.69, 9.17) is 14.2 Å². The maximum atomic E-state index is 14.1. The molecule has 3 atom stereocenters. The van der Waals surface area contributed by atoms with Crippen molar-refractivity contribution < 1.29 is 28.6 Å². The molecule has 1 N–H and O–H groups in total. The van der Waals surface area contributed by atoms with Gasteiger partial charge >= 0.3 is 12.1 Å². The minimum absolute atomic E-state index is 0.133. The standard InChI is InChI=1S/C33H44N2O6/c1-31(2,3)27-28(36)35-20-33(40-7,19-26(35)29(37)39-6)24-16-14-23(15-17-24)25-13-9-8-11-22(25)12-10-18-32(4,5)21-41-30(38)34-27/h8-9,11,13-17,26-27H,10,12,18-21H2,1-7H3,(H,34,38)/t26-,27+,33-/m0/s1. The molecule has 1 fully saturated rings. The number of nitrogens with zero attached hydrogens (tertiary/aromatic N) is 1. The number of nitrogens with one attached hydrogen (secondary N) is 1. The lowest BCUT2D eigenvalue weighted by Crippen LogP contribution is -2.57. The average Bonchev–Trinajstić information content (AvgIpc) is 3.35. The molecule has 0 aromatic heterocycles. The second-order valence-electron chi connectivity index (χ2n) is 13.2. The van der Waals surface area contributed by atoms with Crippen molar-refractivity contribution in [2.45, 2.75) is 78.0 Å². The molecule has 0 spiro atoms. The van der Waals surface area contributed by atoms with Crippen molar-refractivity contribution in [3.63, 3.8) is 0 Å². The zero-order chi connectivity index (χ0) is 30.0. The van der Waals surface area contributed by atoms with Crippen LogP contribution in [0.5, 0.6) is 0 Å². The molecule has 0 radical (unpaired) electrons. The van der Waals surface area contributed by atoms with E-state index in [1.54, 1.807) is 7.11 Å². The molecular weight excluding hydrogens is 520 g/mol. The van der Waals surface area contributed by atoms with Gasteiger partial charge in [0.25, 0.3) is 0 Å². The molecule has 222 valence electrons. The molecule has 0 aliphatic carbocycles. The van der Waals surface area contributed by atoms with Crippen molar-refractivity contribution in [1.29, 1.82) is 0 Å². The zero-order valence-electron chi connectivity index (χ0n) is 25.4. The highest BCUT2D eigenvalue weighted by Crippen LogP contribution is 2.41. The van der Waals surface area contributed by atoms with E-state index >= 15 is 0 Å². The van der Waals surface area contributed by atoms with Crippen LogP contribution in [0, 0.1) is 10.8 Å². The Kier molecular flexibility index (Phi) is 8.83. The summed E-state index contributed by atoms with van der Waals surface area (Å²) in [6.45, 7) is 10.1. The van der Waals surface area contributed by atoms with Crippen molar-refractivity contribution >= 4 is 18.0 Å². The lowest BCUT2D eigenvalue weighted by atomic mass is 9.85. The fourth-order valence-corrected chi connectivity index (χ4v) is 5.96. The normalized spacial score (nSPS) is 25.3. The fourth-order valence-electron chi connectivity index (χ4n) is 5.96. The number of benzene rings is 2. The molecular formula is C33H44N2O6. The number of alkyl carbamates (subject to hydrolysis) is 1. The molecule has 2 aromatic carbocycles. The molecule has 8 nitrogen and oxygen atoms in total. The molecule has 5 rings (SSSR count). The van der Waals surface area contributed by atoms with E-state index in [0.717, 1.165) is 30.4 Å². The SMILES string of the molecule is COC(=O)[C@@H]1C[C@]2(OC)CN1C(=O)[C@H](C(C)(C)C)NC(=O)OCC(C)(C)CCCc1ccccc1-c1ccc2cc1. The van der Waals surface area contributed by atoms with E-state index in [1.807, 2.05) is 39.0 Å². The summed E-state index contributed by atoms with van der Waals surface area (Å²) < 4.78 is 16.9. The summed E-state index contributed by atoms with van der Waals surface area (Å²) in [6.07, 6.45) is 2.27. The number of aryl methyl sites for hydroxylation is 1. The van der Waals surface area contributed by atoms with Crippen molar-refractivity contribution in [1.82, 2.24) is 10.2 Å². The monoisotopic (exact) mass is 564 g/mol. The number of esters is 1. The van der Waals surface area contributed by atoms with E-state index in [2.05, 4.69) is 49.5 Å². The molecule has 3 aliphatic rings. The van der Waals surface area contributed by atoms with Gasteiger partial charge in [0, 0.05) is 13.5 Å². The van der Waals surface area contributed by atoms with Gasteiger partial charge in [-0.05, 0) is 52.3 Å².